The van der Waals surface area contributed by atoms with Crippen molar-refractivity contribution in [3.05, 3.63) is 29.6 Å². The van der Waals surface area contributed by atoms with Gasteiger partial charge in [0.25, 0.3) is 5.91 Å². The Morgan fingerprint density at radius 2 is 2.21 bits per heavy atom. The zero-order chi connectivity index (χ0) is 17.3. The zero-order valence-corrected chi connectivity index (χ0v) is 12.7. The third-order valence-electron chi connectivity index (χ3n) is 3.95. The van der Waals surface area contributed by atoms with Crippen molar-refractivity contribution >= 4 is 5.91 Å². The van der Waals surface area contributed by atoms with Crippen molar-refractivity contribution in [2.45, 2.75) is 24.6 Å². The Morgan fingerprint density at radius 3 is 2.88 bits per heavy atom. The van der Waals surface area contributed by atoms with Crippen LogP contribution in [0.3, 0.4) is 0 Å². The molecular formula is C13H15F3N6O2. The molecule has 0 aliphatic carbocycles. The number of H-pyrrole nitrogens is 2. The molecule has 11 heteroatoms. The van der Waals surface area contributed by atoms with E-state index < -0.39 is 23.3 Å². The molecule has 3 heterocycles. The van der Waals surface area contributed by atoms with Crippen molar-refractivity contribution in [2.75, 3.05) is 20.2 Å². The quantitative estimate of drug-likeness (QED) is 0.868. The van der Waals surface area contributed by atoms with Gasteiger partial charge >= 0.3 is 6.18 Å². The summed E-state index contributed by atoms with van der Waals surface area (Å²) in [5.41, 5.74) is -1.67. The minimum Gasteiger partial charge on any atom is -0.376 e. The highest BCUT2D eigenvalue weighted by Gasteiger charge is 2.39. The topological polar surface area (TPSA) is 99.8 Å². The molecule has 1 aliphatic rings. The first-order chi connectivity index (χ1) is 11.4. The van der Waals surface area contributed by atoms with E-state index in [1.54, 1.807) is 0 Å². The Hall–Kier alpha value is -2.43. The summed E-state index contributed by atoms with van der Waals surface area (Å²) < 4.78 is 44.2. The van der Waals surface area contributed by atoms with Crippen molar-refractivity contribution in [1.82, 2.24) is 30.3 Å². The lowest BCUT2D eigenvalue weighted by atomic mass is 10.0. The van der Waals surface area contributed by atoms with Crippen LogP contribution in [0.4, 0.5) is 13.2 Å². The number of nitrogens with one attached hydrogen (secondary N) is 2. The van der Waals surface area contributed by atoms with Crippen LogP contribution in [-0.4, -0.2) is 62.5 Å². The molecule has 0 bridgehead atoms. The van der Waals surface area contributed by atoms with Crippen molar-refractivity contribution < 1.29 is 22.7 Å². The Balaban J connectivity index is 1.72. The first-order valence-corrected chi connectivity index (χ1v) is 7.21. The molecule has 3 rings (SSSR count). The Kier molecular flexibility index (Phi) is 4.26. The van der Waals surface area contributed by atoms with Crippen molar-refractivity contribution in [1.29, 1.82) is 0 Å². The molecule has 1 fully saturated rings. The summed E-state index contributed by atoms with van der Waals surface area (Å²) in [6.45, 7) is 0.608. The number of carbonyl (C=O) groups excluding carboxylic acids is 1. The predicted molar refractivity (Wildman–Crippen MR) is 74.0 cm³/mol. The van der Waals surface area contributed by atoms with E-state index in [1.807, 2.05) is 0 Å². The predicted octanol–water partition coefficient (Wildman–Crippen LogP) is 1.19. The van der Waals surface area contributed by atoms with E-state index in [-0.39, 0.29) is 18.6 Å². The molecule has 1 saturated heterocycles. The van der Waals surface area contributed by atoms with Crippen LogP contribution >= 0.6 is 0 Å². The summed E-state index contributed by atoms with van der Waals surface area (Å²) in [6, 6.07) is 0. The lowest BCUT2D eigenvalue weighted by Crippen LogP contribution is -2.37. The maximum atomic E-state index is 12.9. The van der Waals surface area contributed by atoms with Gasteiger partial charge in [0.05, 0.1) is 12.3 Å². The molecule has 130 valence electrons. The van der Waals surface area contributed by atoms with Crippen LogP contribution < -0.4 is 0 Å². The number of alkyl halides is 3. The number of ether oxygens (including phenoxy) is 1. The highest BCUT2D eigenvalue weighted by molar-refractivity contribution is 5.93. The molecule has 0 saturated carbocycles. The average Bonchev–Trinajstić information content (AvgIpc) is 3.25. The normalized spacial score (nSPS) is 21.2. The second kappa shape index (κ2) is 6.23. The van der Waals surface area contributed by atoms with Crippen LogP contribution in [0.25, 0.3) is 0 Å². The number of rotatable bonds is 4. The van der Waals surface area contributed by atoms with Gasteiger partial charge in [-0.2, -0.15) is 23.4 Å². The second-order valence-corrected chi connectivity index (χ2v) is 5.52. The maximum absolute atomic E-state index is 12.9. The van der Waals surface area contributed by atoms with E-state index in [1.165, 1.54) is 18.3 Å². The van der Waals surface area contributed by atoms with Crippen LogP contribution in [0.1, 0.15) is 34.2 Å². The Morgan fingerprint density at radius 1 is 1.42 bits per heavy atom. The molecule has 0 unspecified atom stereocenters. The number of carbonyl (C=O) groups is 1. The SMILES string of the molecule is CN(C[C@H]1OCC[C@H]1c1ncn[nH]1)C(=O)c1[nH]ncc1C(F)(F)F. The summed E-state index contributed by atoms with van der Waals surface area (Å²) in [6.07, 6.45) is -2.35. The molecule has 24 heavy (non-hydrogen) atoms. The fourth-order valence-electron chi connectivity index (χ4n) is 2.74. The smallest absolute Gasteiger partial charge is 0.376 e. The number of amides is 1. The minimum atomic E-state index is -4.65. The third-order valence-corrected chi connectivity index (χ3v) is 3.95. The maximum Gasteiger partial charge on any atom is 0.420 e. The third kappa shape index (κ3) is 3.11. The highest BCUT2D eigenvalue weighted by atomic mass is 19.4. The van der Waals surface area contributed by atoms with E-state index in [9.17, 15) is 18.0 Å². The minimum absolute atomic E-state index is 0.0911. The van der Waals surface area contributed by atoms with E-state index >= 15 is 0 Å². The van der Waals surface area contributed by atoms with Crippen molar-refractivity contribution in [2.24, 2.45) is 0 Å². The van der Waals surface area contributed by atoms with Crippen LogP contribution in [0.5, 0.6) is 0 Å². The van der Waals surface area contributed by atoms with E-state index in [0.29, 0.717) is 25.0 Å². The number of likely N-dealkylation sites (N-methyl/N-ethyl adjacent to an activating group) is 1. The molecule has 2 atom stereocenters. The number of nitrogens with zero attached hydrogens (tertiary/aromatic N) is 4. The number of hydrogen-bond acceptors (Lipinski definition) is 5. The second-order valence-electron chi connectivity index (χ2n) is 5.52. The highest BCUT2D eigenvalue weighted by Crippen LogP contribution is 2.32. The van der Waals surface area contributed by atoms with Gasteiger partial charge in [0.1, 0.15) is 23.4 Å². The number of aromatic nitrogens is 5. The fourth-order valence-corrected chi connectivity index (χ4v) is 2.74. The number of halogens is 3. The molecule has 2 N–H and O–H groups in total. The number of aromatic amines is 2. The van der Waals surface area contributed by atoms with Gasteiger partial charge in [-0.1, -0.05) is 0 Å². The molecular weight excluding hydrogens is 329 g/mol. The van der Waals surface area contributed by atoms with E-state index in [2.05, 4.69) is 25.4 Å². The van der Waals surface area contributed by atoms with Crippen LogP contribution in [0, 0.1) is 0 Å². The summed E-state index contributed by atoms with van der Waals surface area (Å²) in [5, 5.41) is 12.0. The largest absolute Gasteiger partial charge is 0.420 e. The molecule has 0 aromatic carbocycles. The van der Waals surface area contributed by atoms with Gasteiger partial charge in [0.15, 0.2) is 0 Å². The van der Waals surface area contributed by atoms with Crippen LogP contribution in [0.2, 0.25) is 0 Å². The summed E-state index contributed by atoms with van der Waals surface area (Å²) in [4.78, 5) is 17.6. The van der Waals surface area contributed by atoms with Crippen molar-refractivity contribution in [3.63, 3.8) is 0 Å². The van der Waals surface area contributed by atoms with Crippen LogP contribution in [-0.2, 0) is 10.9 Å². The summed E-state index contributed by atoms with van der Waals surface area (Å²) >= 11 is 0. The molecule has 1 aliphatic heterocycles. The number of hydrogen-bond donors (Lipinski definition) is 2. The van der Waals surface area contributed by atoms with Gasteiger partial charge in [0, 0.05) is 26.1 Å². The Bertz CT molecular complexity index is 699. The van der Waals surface area contributed by atoms with Gasteiger partial charge in [-0.3, -0.25) is 15.0 Å². The van der Waals surface area contributed by atoms with Gasteiger partial charge < -0.3 is 9.64 Å². The lowest BCUT2D eigenvalue weighted by Gasteiger charge is -2.24. The first-order valence-electron chi connectivity index (χ1n) is 7.21. The molecule has 2 aromatic heterocycles. The summed E-state index contributed by atoms with van der Waals surface area (Å²) in [5.74, 6) is -0.255. The lowest BCUT2D eigenvalue weighted by molar-refractivity contribution is -0.138. The standard InChI is InChI=1S/C13H15F3N6O2/c1-22(12(23)10-8(4-18-20-10)13(14,15)16)5-9-7(2-3-24-9)11-17-6-19-21-11/h4,6-7,9H,2-3,5H2,1H3,(H,18,20)(H,17,19,21)/t7-,9-/m1/s1. The van der Waals surface area contributed by atoms with E-state index in [4.69, 9.17) is 4.74 Å². The van der Waals surface area contributed by atoms with Gasteiger partial charge in [-0.25, -0.2) is 4.98 Å². The van der Waals surface area contributed by atoms with E-state index in [0.717, 1.165) is 0 Å². The molecule has 1 amide bonds. The molecule has 0 spiro atoms. The summed E-state index contributed by atoms with van der Waals surface area (Å²) in [7, 11) is 1.42. The molecule has 0 radical (unpaired) electrons. The Labute approximate surface area is 134 Å². The van der Waals surface area contributed by atoms with Gasteiger partial charge in [-0.05, 0) is 6.42 Å². The molecule has 8 nitrogen and oxygen atoms in total. The van der Waals surface area contributed by atoms with Gasteiger partial charge in [0.2, 0.25) is 0 Å². The molecule has 2 aromatic rings. The fraction of sp³-hybridized carbons (Fsp3) is 0.538. The average molecular weight is 344 g/mol. The first kappa shape index (κ1) is 16.4. The van der Waals surface area contributed by atoms with Crippen molar-refractivity contribution in [3.8, 4) is 0 Å². The zero-order valence-electron chi connectivity index (χ0n) is 12.7. The van der Waals surface area contributed by atoms with Gasteiger partial charge in [-0.15, -0.1) is 0 Å². The van der Waals surface area contributed by atoms with Crippen LogP contribution in [0.15, 0.2) is 12.5 Å². The monoisotopic (exact) mass is 344 g/mol.